The van der Waals surface area contributed by atoms with Crippen LogP contribution in [0.3, 0.4) is 0 Å². The summed E-state index contributed by atoms with van der Waals surface area (Å²) in [7, 11) is 1.77. The molecule has 1 unspecified atom stereocenters. The minimum absolute atomic E-state index is 0.0516. The van der Waals surface area contributed by atoms with Gasteiger partial charge in [-0.25, -0.2) is 0 Å². The van der Waals surface area contributed by atoms with E-state index in [9.17, 15) is 4.79 Å². The molecular formula is C13H20N2O. The first kappa shape index (κ1) is 12.7. The molecule has 0 bridgehead atoms. The van der Waals surface area contributed by atoms with Crippen LogP contribution in [0.5, 0.6) is 0 Å². The summed E-state index contributed by atoms with van der Waals surface area (Å²) in [6.45, 7) is 5.67. The van der Waals surface area contributed by atoms with Gasteiger partial charge in [-0.15, -0.1) is 0 Å². The van der Waals surface area contributed by atoms with Crippen molar-refractivity contribution in [1.82, 2.24) is 0 Å². The summed E-state index contributed by atoms with van der Waals surface area (Å²) in [5.74, 6) is -0.0516. The fourth-order valence-corrected chi connectivity index (χ4v) is 1.58. The van der Waals surface area contributed by atoms with Gasteiger partial charge in [-0.1, -0.05) is 25.1 Å². The van der Waals surface area contributed by atoms with Crippen LogP contribution >= 0.6 is 0 Å². The number of amides is 1. The lowest BCUT2D eigenvalue weighted by atomic mass is 9.98. The van der Waals surface area contributed by atoms with Crippen molar-refractivity contribution in [3.8, 4) is 0 Å². The molecule has 0 spiro atoms. The summed E-state index contributed by atoms with van der Waals surface area (Å²) < 4.78 is 0. The lowest BCUT2D eigenvalue weighted by molar-refractivity contribution is -0.122. The number of likely N-dealkylation sites (N-methyl/N-ethyl adjacent to an activating group) is 1. The van der Waals surface area contributed by atoms with Crippen molar-refractivity contribution in [2.75, 3.05) is 11.9 Å². The van der Waals surface area contributed by atoms with Gasteiger partial charge in [0.2, 0.25) is 5.91 Å². The molecule has 3 heteroatoms. The molecule has 1 aromatic rings. The third kappa shape index (κ3) is 2.42. The molecule has 1 amide bonds. The monoisotopic (exact) mass is 220 g/mol. The van der Waals surface area contributed by atoms with Crippen LogP contribution in [0.15, 0.2) is 24.3 Å². The molecule has 88 valence electrons. The number of para-hydroxylation sites is 1. The van der Waals surface area contributed by atoms with Crippen molar-refractivity contribution in [2.24, 2.45) is 5.73 Å². The highest BCUT2D eigenvalue weighted by Gasteiger charge is 2.30. The third-order valence-corrected chi connectivity index (χ3v) is 3.00. The zero-order valence-electron chi connectivity index (χ0n) is 10.4. The predicted octanol–water partition coefficient (Wildman–Crippen LogP) is 2.09. The van der Waals surface area contributed by atoms with Crippen molar-refractivity contribution in [3.63, 3.8) is 0 Å². The van der Waals surface area contributed by atoms with Crippen molar-refractivity contribution >= 4 is 11.6 Å². The number of anilines is 1. The summed E-state index contributed by atoms with van der Waals surface area (Å²) in [4.78, 5) is 13.8. The van der Waals surface area contributed by atoms with Gasteiger partial charge >= 0.3 is 0 Å². The molecule has 1 aromatic carbocycles. The van der Waals surface area contributed by atoms with E-state index in [1.165, 1.54) is 0 Å². The molecule has 0 heterocycles. The van der Waals surface area contributed by atoms with Gasteiger partial charge < -0.3 is 10.6 Å². The molecular weight excluding hydrogens is 200 g/mol. The van der Waals surface area contributed by atoms with E-state index in [0.717, 1.165) is 11.3 Å². The quantitative estimate of drug-likeness (QED) is 0.847. The minimum Gasteiger partial charge on any atom is -0.318 e. The number of nitrogens with two attached hydrogens (primary N) is 1. The van der Waals surface area contributed by atoms with E-state index in [0.29, 0.717) is 6.42 Å². The van der Waals surface area contributed by atoms with E-state index in [-0.39, 0.29) is 5.91 Å². The molecule has 0 saturated carbocycles. The van der Waals surface area contributed by atoms with E-state index in [1.54, 1.807) is 18.9 Å². The van der Waals surface area contributed by atoms with E-state index < -0.39 is 5.54 Å². The van der Waals surface area contributed by atoms with Gasteiger partial charge in [-0.05, 0) is 31.9 Å². The van der Waals surface area contributed by atoms with Crippen LogP contribution in [0.25, 0.3) is 0 Å². The molecule has 1 atom stereocenters. The van der Waals surface area contributed by atoms with Gasteiger partial charge in [-0.2, -0.15) is 0 Å². The van der Waals surface area contributed by atoms with Gasteiger partial charge in [0.1, 0.15) is 0 Å². The Balaban J connectivity index is 3.00. The molecule has 0 aliphatic heterocycles. The Hall–Kier alpha value is -1.35. The lowest BCUT2D eigenvalue weighted by Gasteiger charge is -2.29. The second kappa shape index (κ2) is 4.66. The Morgan fingerprint density at radius 1 is 1.44 bits per heavy atom. The van der Waals surface area contributed by atoms with Crippen molar-refractivity contribution in [2.45, 2.75) is 32.7 Å². The van der Waals surface area contributed by atoms with Gasteiger partial charge in [-0.3, -0.25) is 4.79 Å². The number of hydrogen-bond acceptors (Lipinski definition) is 2. The highest BCUT2D eigenvalue weighted by atomic mass is 16.2. The first-order valence-electron chi connectivity index (χ1n) is 5.53. The fourth-order valence-electron chi connectivity index (χ4n) is 1.58. The van der Waals surface area contributed by atoms with Crippen LogP contribution in [-0.2, 0) is 4.79 Å². The first-order valence-corrected chi connectivity index (χ1v) is 5.53. The number of carbonyl (C=O) groups is 1. The normalized spacial score (nSPS) is 14.3. The van der Waals surface area contributed by atoms with E-state index in [1.807, 2.05) is 38.1 Å². The lowest BCUT2D eigenvalue weighted by Crippen LogP contribution is -2.52. The number of nitrogens with zero attached hydrogens (tertiary/aromatic N) is 1. The summed E-state index contributed by atoms with van der Waals surface area (Å²) >= 11 is 0. The van der Waals surface area contributed by atoms with E-state index in [2.05, 4.69) is 0 Å². The Morgan fingerprint density at radius 2 is 2.00 bits per heavy atom. The predicted molar refractivity (Wildman–Crippen MR) is 67.5 cm³/mol. The highest BCUT2D eigenvalue weighted by Crippen LogP contribution is 2.21. The topological polar surface area (TPSA) is 46.3 Å². The maximum atomic E-state index is 12.1. The largest absolute Gasteiger partial charge is 0.318 e. The van der Waals surface area contributed by atoms with Crippen LogP contribution < -0.4 is 10.6 Å². The highest BCUT2D eigenvalue weighted by molar-refractivity contribution is 5.99. The molecule has 2 N–H and O–H groups in total. The van der Waals surface area contributed by atoms with Gasteiger partial charge in [0.15, 0.2) is 0 Å². The number of benzene rings is 1. The maximum Gasteiger partial charge on any atom is 0.246 e. The SMILES string of the molecule is CCC(C)(N)C(=O)N(C)c1ccccc1C. The van der Waals surface area contributed by atoms with Crippen LogP contribution in [-0.4, -0.2) is 18.5 Å². The van der Waals surface area contributed by atoms with Crippen LogP contribution in [0.1, 0.15) is 25.8 Å². The Bertz CT molecular complexity index is 385. The summed E-state index contributed by atoms with van der Waals surface area (Å²) in [6, 6.07) is 7.79. The van der Waals surface area contributed by atoms with Gasteiger partial charge in [0, 0.05) is 12.7 Å². The van der Waals surface area contributed by atoms with Crippen LogP contribution in [0.4, 0.5) is 5.69 Å². The fraction of sp³-hybridized carbons (Fsp3) is 0.462. The Morgan fingerprint density at radius 3 is 2.50 bits per heavy atom. The van der Waals surface area contributed by atoms with E-state index in [4.69, 9.17) is 5.73 Å². The second-order valence-corrected chi connectivity index (χ2v) is 4.42. The molecule has 0 radical (unpaired) electrons. The molecule has 0 aliphatic rings. The molecule has 0 aliphatic carbocycles. The molecule has 1 rings (SSSR count). The molecule has 0 fully saturated rings. The van der Waals surface area contributed by atoms with Gasteiger partial charge in [0.25, 0.3) is 0 Å². The molecule has 0 aromatic heterocycles. The number of aryl methyl sites for hydroxylation is 1. The standard InChI is InChI=1S/C13H20N2O/c1-5-13(3,14)12(16)15(4)11-9-7-6-8-10(11)2/h6-9H,5,14H2,1-4H3. The molecule has 3 nitrogen and oxygen atoms in total. The van der Waals surface area contributed by atoms with Crippen LogP contribution in [0, 0.1) is 6.92 Å². The van der Waals surface area contributed by atoms with Crippen molar-refractivity contribution in [1.29, 1.82) is 0 Å². The summed E-state index contributed by atoms with van der Waals surface area (Å²) in [5.41, 5.74) is 7.15. The molecule has 0 saturated heterocycles. The maximum absolute atomic E-state index is 12.1. The van der Waals surface area contributed by atoms with Gasteiger partial charge in [0.05, 0.1) is 5.54 Å². The average Bonchev–Trinajstić information content (AvgIpc) is 2.27. The number of rotatable bonds is 3. The van der Waals surface area contributed by atoms with E-state index >= 15 is 0 Å². The number of carbonyl (C=O) groups excluding carboxylic acids is 1. The average molecular weight is 220 g/mol. The third-order valence-electron chi connectivity index (χ3n) is 3.00. The zero-order chi connectivity index (χ0) is 12.3. The number of hydrogen-bond donors (Lipinski definition) is 1. The second-order valence-electron chi connectivity index (χ2n) is 4.42. The smallest absolute Gasteiger partial charge is 0.246 e. The van der Waals surface area contributed by atoms with Crippen LogP contribution in [0.2, 0.25) is 0 Å². The van der Waals surface area contributed by atoms with Crippen molar-refractivity contribution in [3.05, 3.63) is 29.8 Å². The summed E-state index contributed by atoms with van der Waals surface area (Å²) in [5, 5.41) is 0. The minimum atomic E-state index is -0.795. The van der Waals surface area contributed by atoms with Crippen molar-refractivity contribution < 1.29 is 4.79 Å². The first-order chi connectivity index (χ1) is 7.40. The molecule has 16 heavy (non-hydrogen) atoms. The zero-order valence-corrected chi connectivity index (χ0v) is 10.4. The Kier molecular flexibility index (Phi) is 3.70. The summed E-state index contributed by atoms with van der Waals surface area (Å²) in [6.07, 6.45) is 0.627. The Labute approximate surface area is 97.2 Å².